The van der Waals surface area contributed by atoms with Gasteiger partial charge >= 0.3 is 5.97 Å². The molecule has 80 valence electrons. The van der Waals surface area contributed by atoms with Crippen molar-refractivity contribution < 1.29 is 18.7 Å². The first kappa shape index (κ1) is 10.4. The highest BCUT2D eigenvalue weighted by Crippen LogP contribution is 2.49. The molecule has 5 heteroatoms. The molecular weight excluding hydrogens is 226 g/mol. The van der Waals surface area contributed by atoms with E-state index < -0.39 is 29.4 Å². The van der Waals surface area contributed by atoms with Crippen molar-refractivity contribution in [2.75, 3.05) is 0 Å². The molecule has 1 aromatic carbocycles. The molecule has 0 heterocycles. The monoisotopic (exact) mass is 232 g/mol. The average Bonchev–Trinajstić information content (AvgIpc) is 2.92. The molecule has 0 aromatic heterocycles. The fraction of sp³-hybridized carbons (Fsp3) is 0.300. The van der Waals surface area contributed by atoms with E-state index in [2.05, 4.69) is 0 Å². The van der Waals surface area contributed by atoms with Crippen molar-refractivity contribution in [2.45, 2.75) is 12.3 Å². The number of aliphatic carboxylic acids is 1. The quantitative estimate of drug-likeness (QED) is 0.796. The topological polar surface area (TPSA) is 37.3 Å². The summed E-state index contributed by atoms with van der Waals surface area (Å²) in [5.41, 5.74) is -0.199. The predicted molar refractivity (Wildman–Crippen MR) is 49.9 cm³/mol. The highest BCUT2D eigenvalue weighted by Gasteiger charge is 2.47. The number of benzene rings is 1. The third-order valence-electron chi connectivity index (χ3n) is 2.56. The number of rotatable bonds is 2. The standard InChI is InChI=1S/C10H7ClF2O2/c11-6-1-2-7(12)8(9(6)13)4-3-5(4)10(14)15/h1-2,4-5H,3H2,(H,14,15). The zero-order valence-electron chi connectivity index (χ0n) is 7.51. The van der Waals surface area contributed by atoms with E-state index in [4.69, 9.17) is 16.7 Å². The Morgan fingerprint density at radius 3 is 2.67 bits per heavy atom. The number of hydrogen-bond donors (Lipinski definition) is 1. The Balaban J connectivity index is 2.38. The second-order valence-electron chi connectivity index (χ2n) is 3.54. The third kappa shape index (κ3) is 1.69. The van der Waals surface area contributed by atoms with Gasteiger partial charge in [0.25, 0.3) is 0 Å². The number of carbonyl (C=O) groups is 1. The Morgan fingerprint density at radius 2 is 2.13 bits per heavy atom. The number of carboxylic acid groups (broad SMARTS) is 1. The molecule has 0 bridgehead atoms. The van der Waals surface area contributed by atoms with Crippen LogP contribution < -0.4 is 0 Å². The van der Waals surface area contributed by atoms with Crippen molar-refractivity contribution in [3.63, 3.8) is 0 Å². The van der Waals surface area contributed by atoms with Crippen molar-refractivity contribution in [3.8, 4) is 0 Å². The highest BCUT2D eigenvalue weighted by molar-refractivity contribution is 6.30. The summed E-state index contributed by atoms with van der Waals surface area (Å²) in [6, 6.07) is 2.17. The van der Waals surface area contributed by atoms with Crippen LogP contribution in [0.1, 0.15) is 17.9 Å². The molecule has 1 aliphatic carbocycles. The molecule has 2 unspecified atom stereocenters. The lowest BCUT2D eigenvalue weighted by atomic mass is 10.1. The second-order valence-corrected chi connectivity index (χ2v) is 3.95. The Labute approximate surface area is 89.5 Å². The van der Waals surface area contributed by atoms with Gasteiger partial charge in [0, 0.05) is 11.5 Å². The van der Waals surface area contributed by atoms with Crippen LogP contribution in [-0.2, 0) is 4.79 Å². The maximum absolute atomic E-state index is 13.4. The lowest BCUT2D eigenvalue weighted by molar-refractivity contribution is -0.138. The third-order valence-corrected chi connectivity index (χ3v) is 2.85. The normalized spacial score (nSPS) is 23.9. The summed E-state index contributed by atoms with van der Waals surface area (Å²) in [6.07, 6.45) is 0.267. The van der Waals surface area contributed by atoms with E-state index in [-0.39, 0.29) is 17.0 Å². The van der Waals surface area contributed by atoms with Crippen LogP contribution in [0.4, 0.5) is 8.78 Å². The van der Waals surface area contributed by atoms with E-state index >= 15 is 0 Å². The molecule has 15 heavy (non-hydrogen) atoms. The lowest BCUT2D eigenvalue weighted by Gasteiger charge is -2.04. The van der Waals surface area contributed by atoms with Gasteiger partial charge in [-0.25, -0.2) is 8.78 Å². The number of hydrogen-bond acceptors (Lipinski definition) is 1. The minimum absolute atomic E-state index is 0.178. The van der Waals surface area contributed by atoms with Gasteiger partial charge in [-0.2, -0.15) is 0 Å². The van der Waals surface area contributed by atoms with Crippen molar-refractivity contribution in [1.29, 1.82) is 0 Å². The van der Waals surface area contributed by atoms with E-state index in [1.54, 1.807) is 0 Å². The van der Waals surface area contributed by atoms with Crippen LogP contribution in [0, 0.1) is 17.6 Å². The molecular formula is C10H7ClF2O2. The highest BCUT2D eigenvalue weighted by atomic mass is 35.5. The maximum Gasteiger partial charge on any atom is 0.307 e. The lowest BCUT2D eigenvalue weighted by Crippen LogP contribution is -2.02. The van der Waals surface area contributed by atoms with Crippen LogP contribution in [0.15, 0.2) is 12.1 Å². The zero-order chi connectivity index (χ0) is 11.2. The van der Waals surface area contributed by atoms with Gasteiger partial charge in [-0.3, -0.25) is 4.79 Å². The summed E-state index contributed by atoms with van der Waals surface area (Å²) in [5, 5.41) is 8.48. The summed E-state index contributed by atoms with van der Waals surface area (Å²) in [4.78, 5) is 10.6. The molecule has 1 saturated carbocycles. The molecule has 0 aliphatic heterocycles. The number of halogens is 3. The van der Waals surface area contributed by atoms with Gasteiger partial charge in [0.1, 0.15) is 11.6 Å². The Bertz CT molecular complexity index is 434. The molecule has 0 radical (unpaired) electrons. The zero-order valence-corrected chi connectivity index (χ0v) is 8.26. The first-order valence-corrected chi connectivity index (χ1v) is 4.76. The molecule has 2 atom stereocenters. The molecule has 1 fully saturated rings. The number of carboxylic acids is 1. The van der Waals surface area contributed by atoms with Crippen LogP contribution in [0.25, 0.3) is 0 Å². The van der Waals surface area contributed by atoms with Crippen molar-refractivity contribution >= 4 is 17.6 Å². The molecule has 2 nitrogen and oxygen atoms in total. The SMILES string of the molecule is O=C(O)C1CC1c1c(F)ccc(Cl)c1F. The summed E-state index contributed by atoms with van der Waals surface area (Å²) in [6.45, 7) is 0. The molecule has 1 N–H and O–H groups in total. The van der Waals surface area contributed by atoms with Crippen LogP contribution in [-0.4, -0.2) is 11.1 Å². The van der Waals surface area contributed by atoms with Gasteiger partial charge in [0.15, 0.2) is 0 Å². The van der Waals surface area contributed by atoms with Crippen LogP contribution in [0.3, 0.4) is 0 Å². The van der Waals surface area contributed by atoms with E-state index in [1.807, 2.05) is 0 Å². The average molecular weight is 233 g/mol. The van der Waals surface area contributed by atoms with Crippen molar-refractivity contribution in [2.24, 2.45) is 5.92 Å². The van der Waals surface area contributed by atoms with E-state index in [9.17, 15) is 13.6 Å². The molecule has 0 spiro atoms. The summed E-state index contributed by atoms with van der Waals surface area (Å²) in [5.74, 6) is -3.87. The Morgan fingerprint density at radius 1 is 1.47 bits per heavy atom. The van der Waals surface area contributed by atoms with Gasteiger partial charge in [-0.1, -0.05) is 11.6 Å². The van der Waals surface area contributed by atoms with Gasteiger partial charge in [0.2, 0.25) is 0 Å². The molecule has 1 aromatic rings. The second kappa shape index (κ2) is 3.45. The largest absolute Gasteiger partial charge is 0.481 e. The molecule has 2 rings (SSSR count). The first-order valence-electron chi connectivity index (χ1n) is 4.38. The Hall–Kier alpha value is -1.16. The van der Waals surface area contributed by atoms with Crippen LogP contribution in [0.5, 0.6) is 0 Å². The van der Waals surface area contributed by atoms with E-state index in [0.29, 0.717) is 0 Å². The predicted octanol–water partition coefficient (Wildman–Crippen LogP) is 2.81. The van der Waals surface area contributed by atoms with Crippen molar-refractivity contribution in [1.82, 2.24) is 0 Å². The van der Waals surface area contributed by atoms with E-state index in [1.165, 1.54) is 0 Å². The fourth-order valence-corrected chi connectivity index (χ4v) is 1.83. The first-order chi connectivity index (χ1) is 7.02. The van der Waals surface area contributed by atoms with Gasteiger partial charge < -0.3 is 5.11 Å². The minimum atomic E-state index is -1.03. The fourth-order valence-electron chi connectivity index (χ4n) is 1.67. The Kier molecular flexibility index (Phi) is 2.38. The van der Waals surface area contributed by atoms with Crippen LogP contribution in [0.2, 0.25) is 5.02 Å². The summed E-state index contributed by atoms with van der Waals surface area (Å²) >= 11 is 5.50. The maximum atomic E-state index is 13.4. The molecule has 0 saturated heterocycles. The summed E-state index contributed by atoms with van der Waals surface area (Å²) < 4.78 is 26.7. The van der Waals surface area contributed by atoms with Crippen LogP contribution >= 0.6 is 11.6 Å². The van der Waals surface area contributed by atoms with Gasteiger partial charge in [-0.15, -0.1) is 0 Å². The molecule has 0 amide bonds. The molecule has 1 aliphatic rings. The van der Waals surface area contributed by atoms with Gasteiger partial charge in [0.05, 0.1) is 10.9 Å². The smallest absolute Gasteiger partial charge is 0.307 e. The van der Waals surface area contributed by atoms with Gasteiger partial charge in [-0.05, 0) is 18.6 Å². The summed E-state index contributed by atoms with van der Waals surface area (Å²) in [7, 11) is 0. The minimum Gasteiger partial charge on any atom is -0.481 e. The van der Waals surface area contributed by atoms with Crippen molar-refractivity contribution in [3.05, 3.63) is 34.4 Å². The van der Waals surface area contributed by atoms with E-state index in [0.717, 1.165) is 12.1 Å².